The van der Waals surface area contributed by atoms with Gasteiger partial charge in [0.05, 0.1) is 13.2 Å². The summed E-state index contributed by atoms with van der Waals surface area (Å²) in [4.78, 5) is 4.70. The number of rotatable bonds is 7. The van der Waals surface area contributed by atoms with E-state index in [9.17, 15) is 0 Å². The molecule has 4 heteroatoms. The van der Waals surface area contributed by atoms with Gasteiger partial charge in [0.2, 0.25) is 0 Å². The summed E-state index contributed by atoms with van der Waals surface area (Å²) in [5, 5.41) is 0.719. The Morgan fingerprint density at radius 1 is 0.806 bits per heavy atom. The first-order valence-corrected chi connectivity index (χ1v) is 11.0. The number of benzene rings is 3. The summed E-state index contributed by atoms with van der Waals surface area (Å²) in [6, 6.07) is 26.2. The maximum Gasteiger partial charge on any atom is 0.199 e. The second-order valence-corrected chi connectivity index (χ2v) is 7.43. The summed E-state index contributed by atoms with van der Waals surface area (Å²) in [7, 11) is 0. The standard InChI is InChI=1S/C25H22ClNO2.C2H6/c1-18-25(27-24(29-18)15-21-8-5-9-23(26)14-21)22-12-10-20(11-13-22)17-28-16-19-6-3-2-4-7-19;1-2/h2-14H,15-17H2,1H3;1-2H3. The van der Waals surface area contributed by atoms with Crippen LogP contribution in [0.15, 0.2) is 83.3 Å². The van der Waals surface area contributed by atoms with Gasteiger partial charge in [-0.3, -0.25) is 0 Å². The lowest BCUT2D eigenvalue weighted by Crippen LogP contribution is -1.94. The van der Waals surface area contributed by atoms with E-state index in [1.807, 2.05) is 63.2 Å². The first kappa shape index (κ1) is 22.8. The largest absolute Gasteiger partial charge is 0.445 e. The zero-order valence-electron chi connectivity index (χ0n) is 18.3. The van der Waals surface area contributed by atoms with Gasteiger partial charge in [-0.15, -0.1) is 0 Å². The molecule has 0 unspecified atom stereocenters. The number of hydrogen-bond donors (Lipinski definition) is 0. The fourth-order valence-corrected chi connectivity index (χ4v) is 3.45. The van der Waals surface area contributed by atoms with Crippen molar-refractivity contribution < 1.29 is 9.15 Å². The third-order valence-corrected chi connectivity index (χ3v) is 4.93. The van der Waals surface area contributed by atoms with Crippen LogP contribution >= 0.6 is 11.6 Å². The lowest BCUT2D eigenvalue weighted by atomic mass is 10.1. The average Bonchev–Trinajstić information content (AvgIpc) is 3.16. The Morgan fingerprint density at radius 2 is 1.45 bits per heavy atom. The molecular formula is C27H28ClNO2. The molecule has 4 rings (SSSR count). The number of halogens is 1. The third kappa shape index (κ3) is 6.55. The van der Waals surface area contributed by atoms with E-state index >= 15 is 0 Å². The minimum atomic E-state index is 0.576. The highest BCUT2D eigenvalue weighted by Gasteiger charge is 2.12. The van der Waals surface area contributed by atoms with Crippen LogP contribution in [0.4, 0.5) is 0 Å². The van der Waals surface area contributed by atoms with Gasteiger partial charge in [-0.1, -0.05) is 92.2 Å². The Balaban J connectivity index is 0.00000132. The molecule has 0 fully saturated rings. The van der Waals surface area contributed by atoms with Crippen LogP contribution in [0.3, 0.4) is 0 Å². The van der Waals surface area contributed by atoms with E-state index in [2.05, 4.69) is 36.4 Å². The molecule has 0 aliphatic rings. The Labute approximate surface area is 189 Å². The Morgan fingerprint density at radius 3 is 2.13 bits per heavy atom. The van der Waals surface area contributed by atoms with E-state index < -0.39 is 0 Å². The van der Waals surface area contributed by atoms with Gasteiger partial charge in [-0.25, -0.2) is 4.98 Å². The van der Waals surface area contributed by atoms with Crippen LogP contribution in [0.5, 0.6) is 0 Å². The van der Waals surface area contributed by atoms with Crippen molar-refractivity contribution in [1.29, 1.82) is 0 Å². The van der Waals surface area contributed by atoms with E-state index in [0.717, 1.165) is 33.2 Å². The zero-order valence-corrected chi connectivity index (χ0v) is 19.0. The fraction of sp³-hybridized carbons (Fsp3) is 0.222. The molecule has 0 spiro atoms. The molecule has 0 atom stereocenters. The number of nitrogens with zero attached hydrogens (tertiary/aromatic N) is 1. The molecule has 0 saturated heterocycles. The van der Waals surface area contributed by atoms with E-state index in [-0.39, 0.29) is 0 Å². The number of hydrogen-bond acceptors (Lipinski definition) is 3. The van der Waals surface area contributed by atoms with Crippen LogP contribution in [-0.2, 0) is 24.4 Å². The monoisotopic (exact) mass is 433 g/mol. The highest BCUT2D eigenvalue weighted by atomic mass is 35.5. The highest BCUT2D eigenvalue weighted by Crippen LogP contribution is 2.25. The molecule has 1 aromatic heterocycles. The summed E-state index contributed by atoms with van der Waals surface area (Å²) < 4.78 is 11.7. The number of aromatic nitrogens is 1. The molecule has 1 heterocycles. The van der Waals surface area contributed by atoms with Crippen molar-refractivity contribution in [2.24, 2.45) is 0 Å². The van der Waals surface area contributed by atoms with Gasteiger partial charge in [0.25, 0.3) is 0 Å². The van der Waals surface area contributed by atoms with E-state index in [1.54, 1.807) is 0 Å². The first-order valence-electron chi connectivity index (χ1n) is 10.6. The zero-order chi connectivity index (χ0) is 22.1. The molecule has 160 valence electrons. The Kier molecular flexibility index (Phi) is 8.45. The van der Waals surface area contributed by atoms with Crippen molar-refractivity contribution >= 4 is 11.6 Å². The molecule has 0 aliphatic carbocycles. The van der Waals surface area contributed by atoms with E-state index in [0.29, 0.717) is 25.5 Å². The summed E-state index contributed by atoms with van der Waals surface area (Å²) in [6.07, 6.45) is 0.618. The van der Waals surface area contributed by atoms with Gasteiger partial charge >= 0.3 is 0 Å². The summed E-state index contributed by atoms with van der Waals surface area (Å²) in [5.41, 5.74) is 5.30. The molecule has 31 heavy (non-hydrogen) atoms. The lowest BCUT2D eigenvalue weighted by Gasteiger charge is -2.05. The van der Waals surface area contributed by atoms with Crippen LogP contribution in [0.1, 0.15) is 42.2 Å². The normalized spacial score (nSPS) is 10.5. The molecule has 0 N–H and O–H groups in total. The fourth-order valence-electron chi connectivity index (χ4n) is 3.24. The number of aryl methyl sites for hydroxylation is 1. The van der Waals surface area contributed by atoms with Gasteiger partial charge in [0.15, 0.2) is 5.89 Å². The minimum Gasteiger partial charge on any atom is -0.445 e. The molecule has 0 radical (unpaired) electrons. The maximum atomic E-state index is 6.07. The van der Waals surface area contributed by atoms with Crippen molar-refractivity contribution in [3.05, 3.63) is 112 Å². The predicted molar refractivity (Wildman–Crippen MR) is 127 cm³/mol. The van der Waals surface area contributed by atoms with Crippen LogP contribution in [-0.4, -0.2) is 4.98 Å². The maximum absolute atomic E-state index is 6.07. The van der Waals surface area contributed by atoms with Gasteiger partial charge in [0, 0.05) is 17.0 Å². The Bertz CT molecular complexity index is 1070. The van der Waals surface area contributed by atoms with E-state index in [1.165, 1.54) is 5.56 Å². The molecule has 3 nitrogen and oxygen atoms in total. The summed E-state index contributed by atoms with van der Waals surface area (Å²) >= 11 is 6.07. The summed E-state index contributed by atoms with van der Waals surface area (Å²) in [5.74, 6) is 1.50. The Hall–Kier alpha value is -2.88. The van der Waals surface area contributed by atoms with Gasteiger partial charge in [-0.2, -0.15) is 0 Å². The van der Waals surface area contributed by atoms with Gasteiger partial charge < -0.3 is 9.15 Å². The van der Waals surface area contributed by atoms with Gasteiger partial charge in [-0.05, 0) is 35.7 Å². The van der Waals surface area contributed by atoms with Crippen molar-refractivity contribution in [1.82, 2.24) is 4.98 Å². The second kappa shape index (κ2) is 11.5. The molecule has 4 aromatic rings. The topological polar surface area (TPSA) is 35.3 Å². The van der Waals surface area contributed by atoms with Crippen molar-refractivity contribution in [3.8, 4) is 11.3 Å². The molecule has 0 aliphatic heterocycles. The molecular weight excluding hydrogens is 406 g/mol. The number of oxazole rings is 1. The second-order valence-electron chi connectivity index (χ2n) is 6.99. The smallest absolute Gasteiger partial charge is 0.199 e. The van der Waals surface area contributed by atoms with Crippen molar-refractivity contribution in [2.45, 2.75) is 40.4 Å². The summed E-state index contributed by atoms with van der Waals surface area (Å²) in [6.45, 7) is 7.13. The highest BCUT2D eigenvalue weighted by molar-refractivity contribution is 6.30. The SMILES string of the molecule is CC.Cc1oc(Cc2cccc(Cl)c2)nc1-c1ccc(COCc2ccccc2)cc1. The van der Waals surface area contributed by atoms with Crippen LogP contribution < -0.4 is 0 Å². The lowest BCUT2D eigenvalue weighted by molar-refractivity contribution is 0.107. The van der Waals surface area contributed by atoms with Crippen molar-refractivity contribution in [3.63, 3.8) is 0 Å². The number of ether oxygens (including phenoxy) is 1. The van der Waals surface area contributed by atoms with Crippen LogP contribution in [0, 0.1) is 6.92 Å². The molecule has 0 bridgehead atoms. The minimum absolute atomic E-state index is 0.576. The molecule has 3 aromatic carbocycles. The van der Waals surface area contributed by atoms with Crippen LogP contribution in [0.25, 0.3) is 11.3 Å². The molecule has 0 amide bonds. The average molecular weight is 434 g/mol. The quantitative estimate of drug-likeness (QED) is 0.300. The third-order valence-electron chi connectivity index (χ3n) is 4.69. The van der Waals surface area contributed by atoms with Gasteiger partial charge in [0.1, 0.15) is 11.5 Å². The van der Waals surface area contributed by atoms with E-state index in [4.69, 9.17) is 25.7 Å². The first-order chi connectivity index (χ1) is 15.2. The predicted octanol–water partition coefficient (Wildman–Crippen LogP) is 7.64. The molecule has 0 saturated carbocycles. The van der Waals surface area contributed by atoms with Crippen LogP contribution in [0.2, 0.25) is 5.02 Å². The van der Waals surface area contributed by atoms with Crippen molar-refractivity contribution in [2.75, 3.05) is 0 Å².